The van der Waals surface area contributed by atoms with Crippen LogP contribution in [0, 0.1) is 5.92 Å². The highest BCUT2D eigenvalue weighted by atomic mass is 16.2. The van der Waals surface area contributed by atoms with Crippen molar-refractivity contribution in [1.82, 2.24) is 9.47 Å². The highest BCUT2D eigenvalue weighted by molar-refractivity contribution is 5.94. The number of amides is 1. The molecule has 1 aromatic heterocycles. The van der Waals surface area contributed by atoms with Crippen LogP contribution in [0.25, 0.3) is 0 Å². The molecule has 0 spiro atoms. The number of hydrogen-bond donors (Lipinski definition) is 0. The van der Waals surface area contributed by atoms with Crippen LogP contribution in [0.4, 0.5) is 0 Å². The van der Waals surface area contributed by atoms with Crippen molar-refractivity contribution in [3.8, 4) is 0 Å². The van der Waals surface area contributed by atoms with Gasteiger partial charge >= 0.3 is 0 Å². The highest BCUT2D eigenvalue weighted by Crippen LogP contribution is 2.29. The quantitative estimate of drug-likeness (QED) is 0.709. The van der Waals surface area contributed by atoms with Crippen LogP contribution in [0.3, 0.4) is 0 Å². The summed E-state index contributed by atoms with van der Waals surface area (Å²) in [6.07, 6.45) is 2.16. The lowest BCUT2D eigenvalue weighted by Crippen LogP contribution is -2.46. The van der Waals surface area contributed by atoms with E-state index < -0.39 is 0 Å². The number of fused-ring (bicyclic) bond motifs is 1. The van der Waals surface area contributed by atoms with Gasteiger partial charge in [-0.3, -0.25) is 4.79 Å². The van der Waals surface area contributed by atoms with Crippen molar-refractivity contribution >= 4 is 5.91 Å². The van der Waals surface area contributed by atoms with Gasteiger partial charge in [0.1, 0.15) is 5.69 Å². The summed E-state index contributed by atoms with van der Waals surface area (Å²) in [5, 5.41) is 0. The fourth-order valence-corrected chi connectivity index (χ4v) is 2.76. The fourth-order valence-electron chi connectivity index (χ4n) is 2.76. The summed E-state index contributed by atoms with van der Waals surface area (Å²) in [6, 6.07) is 2.08. The summed E-state index contributed by atoms with van der Waals surface area (Å²) in [5.74, 6) is 0.636. The third-order valence-corrected chi connectivity index (χ3v) is 4.04. The summed E-state index contributed by atoms with van der Waals surface area (Å²) in [5.41, 5.74) is 2.03. The van der Waals surface area contributed by atoms with E-state index in [9.17, 15) is 4.79 Å². The Kier molecular flexibility index (Phi) is 3.52. The van der Waals surface area contributed by atoms with Crippen LogP contribution in [0.5, 0.6) is 0 Å². The molecule has 1 aromatic rings. The first kappa shape index (κ1) is 15.1. The van der Waals surface area contributed by atoms with Crippen LogP contribution in [-0.2, 0) is 12.0 Å². The van der Waals surface area contributed by atoms with Crippen LogP contribution in [-0.4, -0.2) is 27.5 Å². The van der Waals surface area contributed by atoms with E-state index in [1.807, 2.05) is 4.90 Å². The molecule has 1 aliphatic heterocycles. The van der Waals surface area contributed by atoms with Crippen LogP contribution in [0.2, 0.25) is 0 Å². The molecule has 1 aliphatic rings. The maximum absolute atomic E-state index is 12.9. The molecule has 1 amide bonds. The van der Waals surface area contributed by atoms with E-state index in [2.05, 4.69) is 65.3 Å². The molecule has 1 atom stereocenters. The van der Waals surface area contributed by atoms with Crippen LogP contribution in [0.1, 0.15) is 64.5 Å². The van der Waals surface area contributed by atoms with E-state index >= 15 is 0 Å². The molecule has 3 nitrogen and oxygen atoms in total. The number of carbonyl (C=O) groups is 1. The van der Waals surface area contributed by atoms with Gasteiger partial charge in [0.2, 0.25) is 0 Å². The Hall–Kier alpha value is -1.25. The van der Waals surface area contributed by atoms with Gasteiger partial charge in [0.05, 0.1) is 0 Å². The van der Waals surface area contributed by atoms with Crippen molar-refractivity contribution in [3.63, 3.8) is 0 Å². The minimum atomic E-state index is -0.132. The Labute approximate surface area is 123 Å². The molecule has 2 rings (SSSR count). The van der Waals surface area contributed by atoms with E-state index in [1.165, 1.54) is 5.56 Å². The van der Waals surface area contributed by atoms with Crippen molar-refractivity contribution < 1.29 is 4.79 Å². The van der Waals surface area contributed by atoms with E-state index in [1.54, 1.807) is 0 Å². The van der Waals surface area contributed by atoms with Gasteiger partial charge in [-0.15, -0.1) is 0 Å². The zero-order valence-electron chi connectivity index (χ0n) is 13.9. The van der Waals surface area contributed by atoms with E-state index in [0.717, 1.165) is 18.8 Å². The Balaban J connectivity index is 2.48. The van der Waals surface area contributed by atoms with Crippen molar-refractivity contribution in [3.05, 3.63) is 23.5 Å². The summed E-state index contributed by atoms with van der Waals surface area (Å²) in [4.78, 5) is 14.9. The lowest BCUT2D eigenvalue weighted by atomic mass is 9.89. The second-order valence-electron chi connectivity index (χ2n) is 8.21. The lowest BCUT2D eigenvalue weighted by Gasteiger charge is -2.35. The molecular weight excluding hydrogens is 248 g/mol. The van der Waals surface area contributed by atoms with Gasteiger partial charge in [0, 0.05) is 24.8 Å². The van der Waals surface area contributed by atoms with Gasteiger partial charge in [-0.05, 0) is 43.7 Å². The average molecular weight is 276 g/mol. The standard InChI is InChI=1S/C17H28N2O/c1-12-9-18-11-13(16(2,3)4)8-14(18)15(20)19(10-12)17(5,6)7/h8,11-12H,9-10H2,1-7H3. The molecule has 3 heteroatoms. The number of hydrogen-bond acceptors (Lipinski definition) is 1. The third kappa shape index (κ3) is 2.77. The van der Waals surface area contributed by atoms with Gasteiger partial charge in [0.15, 0.2) is 0 Å². The first-order valence-electron chi connectivity index (χ1n) is 7.53. The Morgan fingerprint density at radius 1 is 1.10 bits per heavy atom. The number of aromatic nitrogens is 1. The minimum Gasteiger partial charge on any atom is -0.343 e. The molecule has 20 heavy (non-hydrogen) atoms. The number of carbonyl (C=O) groups excluding carboxylic acids is 1. The molecule has 0 N–H and O–H groups in total. The van der Waals surface area contributed by atoms with Crippen molar-refractivity contribution in [2.45, 2.75) is 66.0 Å². The maximum Gasteiger partial charge on any atom is 0.270 e. The zero-order chi connectivity index (χ0) is 15.3. The van der Waals surface area contributed by atoms with Crippen molar-refractivity contribution in [2.24, 2.45) is 5.92 Å². The fraction of sp³-hybridized carbons (Fsp3) is 0.706. The normalized spacial score (nSPS) is 20.9. The average Bonchev–Trinajstić information content (AvgIpc) is 2.62. The maximum atomic E-state index is 12.9. The first-order chi connectivity index (χ1) is 9.00. The Morgan fingerprint density at radius 3 is 2.20 bits per heavy atom. The SMILES string of the molecule is CC1CN(C(C)(C)C)C(=O)c2cc(C(C)(C)C)cn2C1. The second kappa shape index (κ2) is 4.64. The van der Waals surface area contributed by atoms with Gasteiger partial charge in [0.25, 0.3) is 5.91 Å². The van der Waals surface area contributed by atoms with Crippen LogP contribution >= 0.6 is 0 Å². The molecule has 0 radical (unpaired) electrons. The van der Waals surface area contributed by atoms with Gasteiger partial charge in [-0.25, -0.2) is 0 Å². The smallest absolute Gasteiger partial charge is 0.270 e. The Morgan fingerprint density at radius 2 is 1.70 bits per heavy atom. The lowest BCUT2D eigenvalue weighted by molar-refractivity contribution is 0.0556. The summed E-state index contributed by atoms with van der Waals surface area (Å²) in [7, 11) is 0. The minimum absolute atomic E-state index is 0.0786. The van der Waals surface area contributed by atoms with Gasteiger partial charge < -0.3 is 9.47 Å². The summed E-state index contributed by atoms with van der Waals surface area (Å²) in [6.45, 7) is 16.9. The molecule has 0 saturated heterocycles. The van der Waals surface area contributed by atoms with E-state index in [-0.39, 0.29) is 16.9 Å². The Bertz CT molecular complexity index is 514. The second-order valence-corrected chi connectivity index (χ2v) is 8.21. The predicted molar refractivity (Wildman–Crippen MR) is 83.1 cm³/mol. The summed E-state index contributed by atoms with van der Waals surface area (Å²) >= 11 is 0. The van der Waals surface area contributed by atoms with Crippen molar-refractivity contribution in [1.29, 1.82) is 0 Å². The van der Waals surface area contributed by atoms with Crippen LogP contribution in [0.15, 0.2) is 12.3 Å². The number of nitrogens with zero attached hydrogens (tertiary/aromatic N) is 2. The number of rotatable bonds is 0. The van der Waals surface area contributed by atoms with E-state index in [4.69, 9.17) is 0 Å². The first-order valence-corrected chi connectivity index (χ1v) is 7.53. The molecule has 0 aromatic carbocycles. The summed E-state index contributed by atoms with van der Waals surface area (Å²) < 4.78 is 2.15. The topological polar surface area (TPSA) is 25.2 Å². The highest BCUT2D eigenvalue weighted by Gasteiger charge is 2.34. The van der Waals surface area contributed by atoms with E-state index in [0.29, 0.717) is 5.92 Å². The molecule has 112 valence electrons. The molecule has 0 bridgehead atoms. The molecule has 0 fully saturated rings. The third-order valence-electron chi connectivity index (χ3n) is 4.04. The molecule has 0 saturated carbocycles. The largest absolute Gasteiger partial charge is 0.343 e. The molecule has 0 aliphatic carbocycles. The molecule has 2 heterocycles. The predicted octanol–water partition coefficient (Wildman–Crippen LogP) is 3.68. The van der Waals surface area contributed by atoms with Gasteiger partial charge in [-0.2, -0.15) is 0 Å². The molecular formula is C17H28N2O. The monoisotopic (exact) mass is 276 g/mol. The zero-order valence-corrected chi connectivity index (χ0v) is 13.9. The van der Waals surface area contributed by atoms with Crippen molar-refractivity contribution in [2.75, 3.05) is 6.54 Å². The van der Waals surface area contributed by atoms with Gasteiger partial charge in [-0.1, -0.05) is 27.7 Å². The molecule has 1 unspecified atom stereocenters. The van der Waals surface area contributed by atoms with Crippen LogP contribution < -0.4 is 0 Å².